The zero-order chi connectivity index (χ0) is 23.1. The number of nitrogens with one attached hydrogen (secondary N) is 1. The van der Waals surface area contributed by atoms with Gasteiger partial charge in [-0.1, -0.05) is 0 Å². The lowest BCUT2D eigenvalue weighted by Gasteiger charge is -2.33. The van der Waals surface area contributed by atoms with E-state index in [-0.39, 0.29) is 0 Å². The van der Waals surface area contributed by atoms with E-state index in [0.29, 0.717) is 13.2 Å². The normalized spacial score (nSPS) is 15.1. The molecule has 0 spiro atoms. The van der Waals surface area contributed by atoms with E-state index in [2.05, 4.69) is 54.6 Å². The molecule has 0 saturated carbocycles. The van der Waals surface area contributed by atoms with Crippen LogP contribution in [0.2, 0.25) is 0 Å². The molecule has 1 N–H and O–H groups in total. The molecule has 0 aliphatic carbocycles. The van der Waals surface area contributed by atoms with Crippen molar-refractivity contribution in [3.8, 4) is 22.9 Å². The Balaban J connectivity index is 1.42. The average molecular weight is 475 g/mol. The number of fused-ring (bicyclic) bond motifs is 2. The number of thiazole rings is 1. The Hall–Kier alpha value is -3.34. The number of aromatic nitrogens is 6. The lowest BCUT2D eigenvalue weighted by atomic mass is 10.2. The Morgan fingerprint density at radius 3 is 2.82 bits per heavy atom. The number of pyridine rings is 1. The molecular formula is C24H26N8OS. The first-order chi connectivity index (χ1) is 16.7. The summed E-state index contributed by atoms with van der Waals surface area (Å²) in [6.45, 7) is 5.19. The third kappa shape index (κ3) is 3.73. The van der Waals surface area contributed by atoms with Gasteiger partial charge in [-0.2, -0.15) is 0 Å². The van der Waals surface area contributed by atoms with Crippen molar-refractivity contribution in [2.24, 2.45) is 0 Å². The van der Waals surface area contributed by atoms with Crippen LogP contribution in [0.3, 0.4) is 0 Å². The molecule has 34 heavy (non-hydrogen) atoms. The SMILES string of the molecule is COCCn1c(-c2cnc(-c3ccc4scnc4c3)[nH]2)nc2c(N3CCN(C)CC3)nccc21. The van der Waals surface area contributed by atoms with Gasteiger partial charge in [0.25, 0.3) is 0 Å². The second kappa shape index (κ2) is 8.79. The summed E-state index contributed by atoms with van der Waals surface area (Å²) in [7, 11) is 3.88. The number of methoxy groups -OCH3 is 1. The Morgan fingerprint density at radius 1 is 1.09 bits per heavy atom. The summed E-state index contributed by atoms with van der Waals surface area (Å²) < 4.78 is 8.77. The Bertz CT molecular complexity index is 1450. The molecule has 1 aliphatic rings. The van der Waals surface area contributed by atoms with Crippen molar-refractivity contribution in [3.63, 3.8) is 0 Å². The standard InChI is InChI=1S/C24H26N8OS/c1-30-7-9-31(10-8-30)24-21-19(5-6-25-24)32(11-12-33-2)23(29-21)18-14-26-22(28-18)16-3-4-20-17(13-16)27-15-34-20/h3-6,13-15H,7-12H2,1-2H3,(H,26,28). The zero-order valence-electron chi connectivity index (χ0n) is 19.2. The summed E-state index contributed by atoms with van der Waals surface area (Å²) in [6, 6.07) is 8.27. The number of hydrogen-bond donors (Lipinski definition) is 1. The highest BCUT2D eigenvalue weighted by molar-refractivity contribution is 7.16. The number of hydrogen-bond acceptors (Lipinski definition) is 8. The molecule has 6 rings (SSSR count). The fourth-order valence-electron chi connectivity index (χ4n) is 4.49. The zero-order valence-corrected chi connectivity index (χ0v) is 20.0. The first-order valence-electron chi connectivity index (χ1n) is 11.4. The number of piperazine rings is 1. The number of aromatic amines is 1. The van der Waals surface area contributed by atoms with Gasteiger partial charge in [-0.3, -0.25) is 0 Å². The number of benzene rings is 1. The maximum atomic E-state index is 5.41. The van der Waals surface area contributed by atoms with Crippen LogP contribution in [-0.2, 0) is 11.3 Å². The van der Waals surface area contributed by atoms with Crippen molar-refractivity contribution < 1.29 is 4.74 Å². The molecule has 9 nitrogen and oxygen atoms in total. The molecule has 1 saturated heterocycles. The molecule has 1 aliphatic heterocycles. The van der Waals surface area contributed by atoms with Crippen LogP contribution < -0.4 is 4.90 Å². The summed E-state index contributed by atoms with van der Waals surface area (Å²) in [6.07, 6.45) is 3.74. The number of rotatable bonds is 6. The third-order valence-corrected chi connectivity index (χ3v) is 7.20. The van der Waals surface area contributed by atoms with E-state index in [1.54, 1.807) is 18.4 Å². The van der Waals surface area contributed by atoms with Gasteiger partial charge in [-0.05, 0) is 31.3 Å². The van der Waals surface area contributed by atoms with E-state index in [0.717, 1.165) is 71.5 Å². The summed E-state index contributed by atoms with van der Waals surface area (Å²) in [5.41, 5.74) is 6.69. The molecule has 0 unspecified atom stereocenters. The van der Waals surface area contributed by atoms with E-state index >= 15 is 0 Å². The second-order valence-corrected chi connectivity index (χ2v) is 9.44. The monoisotopic (exact) mass is 474 g/mol. The predicted octanol–water partition coefficient (Wildman–Crippen LogP) is 3.50. The summed E-state index contributed by atoms with van der Waals surface area (Å²) >= 11 is 1.64. The molecule has 0 amide bonds. The van der Waals surface area contributed by atoms with Crippen molar-refractivity contribution in [1.29, 1.82) is 0 Å². The lowest BCUT2D eigenvalue weighted by molar-refractivity contribution is 0.188. The number of nitrogens with zero attached hydrogens (tertiary/aromatic N) is 7. The molecule has 5 heterocycles. The highest BCUT2D eigenvalue weighted by Crippen LogP contribution is 2.31. The number of likely N-dealkylation sites (N-methyl/N-ethyl adjacent to an activating group) is 1. The predicted molar refractivity (Wildman–Crippen MR) is 135 cm³/mol. The largest absolute Gasteiger partial charge is 0.383 e. The van der Waals surface area contributed by atoms with Crippen LogP contribution in [0, 0.1) is 0 Å². The fourth-order valence-corrected chi connectivity index (χ4v) is 5.15. The minimum atomic E-state index is 0.589. The second-order valence-electron chi connectivity index (χ2n) is 8.55. The van der Waals surface area contributed by atoms with Crippen molar-refractivity contribution in [2.45, 2.75) is 6.54 Å². The van der Waals surface area contributed by atoms with Gasteiger partial charge in [0.1, 0.15) is 17.0 Å². The first-order valence-corrected chi connectivity index (χ1v) is 12.3. The molecule has 0 radical (unpaired) electrons. The van der Waals surface area contributed by atoms with Crippen molar-refractivity contribution in [1.82, 2.24) is 34.4 Å². The Kier molecular flexibility index (Phi) is 5.48. The lowest BCUT2D eigenvalue weighted by Crippen LogP contribution is -2.44. The maximum absolute atomic E-state index is 5.41. The quantitative estimate of drug-likeness (QED) is 0.403. The highest BCUT2D eigenvalue weighted by Gasteiger charge is 2.22. The van der Waals surface area contributed by atoms with Gasteiger partial charge in [0.2, 0.25) is 0 Å². The summed E-state index contributed by atoms with van der Waals surface area (Å²) in [5, 5.41) is 0. The summed E-state index contributed by atoms with van der Waals surface area (Å²) in [4.78, 5) is 27.1. The van der Waals surface area contributed by atoms with Crippen LogP contribution in [0.4, 0.5) is 5.82 Å². The van der Waals surface area contributed by atoms with Gasteiger partial charge in [0, 0.05) is 51.6 Å². The molecular weight excluding hydrogens is 448 g/mol. The maximum Gasteiger partial charge on any atom is 0.159 e. The molecule has 174 valence electrons. The van der Waals surface area contributed by atoms with Gasteiger partial charge < -0.3 is 24.1 Å². The smallest absolute Gasteiger partial charge is 0.159 e. The third-order valence-electron chi connectivity index (χ3n) is 6.39. The molecule has 0 atom stereocenters. The minimum Gasteiger partial charge on any atom is -0.383 e. The van der Waals surface area contributed by atoms with Gasteiger partial charge >= 0.3 is 0 Å². The van der Waals surface area contributed by atoms with Crippen molar-refractivity contribution in [2.75, 3.05) is 51.8 Å². The van der Waals surface area contributed by atoms with Crippen LogP contribution in [0.5, 0.6) is 0 Å². The minimum absolute atomic E-state index is 0.589. The number of imidazole rings is 2. The van der Waals surface area contributed by atoms with Crippen LogP contribution in [0.25, 0.3) is 44.2 Å². The highest BCUT2D eigenvalue weighted by atomic mass is 32.1. The molecule has 10 heteroatoms. The molecule has 1 aromatic carbocycles. The van der Waals surface area contributed by atoms with Gasteiger partial charge in [0.05, 0.1) is 34.0 Å². The van der Waals surface area contributed by atoms with Gasteiger partial charge in [-0.25, -0.2) is 19.9 Å². The van der Waals surface area contributed by atoms with Crippen LogP contribution in [-0.4, -0.2) is 81.3 Å². The topological polar surface area (TPSA) is 88.0 Å². The van der Waals surface area contributed by atoms with Crippen LogP contribution in [0.15, 0.2) is 42.2 Å². The average Bonchev–Trinajstić information content (AvgIpc) is 3.60. The fraction of sp³-hybridized carbons (Fsp3) is 0.333. The van der Waals surface area contributed by atoms with Crippen LogP contribution in [0.1, 0.15) is 0 Å². The summed E-state index contributed by atoms with van der Waals surface area (Å²) in [5.74, 6) is 2.58. The first kappa shape index (κ1) is 21.2. The van der Waals surface area contributed by atoms with E-state index < -0.39 is 0 Å². The van der Waals surface area contributed by atoms with E-state index in [1.165, 1.54) is 4.70 Å². The number of anilines is 1. The van der Waals surface area contributed by atoms with E-state index in [9.17, 15) is 0 Å². The van der Waals surface area contributed by atoms with Crippen molar-refractivity contribution >= 4 is 38.4 Å². The van der Waals surface area contributed by atoms with Gasteiger partial charge in [-0.15, -0.1) is 11.3 Å². The van der Waals surface area contributed by atoms with Crippen LogP contribution >= 0.6 is 11.3 Å². The van der Waals surface area contributed by atoms with Crippen molar-refractivity contribution in [3.05, 3.63) is 42.2 Å². The number of ether oxygens (including phenoxy) is 1. The van der Waals surface area contributed by atoms with Gasteiger partial charge in [0.15, 0.2) is 11.6 Å². The molecule has 1 fully saturated rings. The molecule has 0 bridgehead atoms. The number of H-pyrrole nitrogens is 1. The Labute approximate surface area is 201 Å². The Morgan fingerprint density at radius 2 is 1.97 bits per heavy atom. The van der Waals surface area contributed by atoms with E-state index in [1.807, 2.05) is 24.0 Å². The molecule has 4 aromatic heterocycles. The van der Waals surface area contributed by atoms with E-state index in [4.69, 9.17) is 14.7 Å². The molecule has 5 aromatic rings.